The highest BCUT2D eigenvalue weighted by Crippen LogP contribution is 2.53. The average Bonchev–Trinajstić information content (AvgIpc) is 2.41. The first-order valence-corrected chi connectivity index (χ1v) is 6.24. The molecule has 3 nitrogen and oxygen atoms in total. The number of esters is 1. The third kappa shape index (κ3) is 4.77. The highest BCUT2D eigenvalue weighted by atomic mass is 19.4. The van der Waals surface area contributed by atoms with E-state index in [1.165, 1.54) is 6.92 Å². The van der Waals surface area contributed by atoms with Crippen molar-refractivity contribution in [3.8, 4) is 0 Å². The molecule has 0 fully saturated rings. The Labute approximate surface area is 130 Å². The minimum absolute atomic E-state index is 0.0470. The van der Waals surface area contributed by atoms with Gasteiger partial charge in [-0.15, -0.1) is 0 Å². The summed E-state index contributed by atoms with van der Waals surface area (Å²) in [6, 6.07) is 0. The van der Waals surface area contributed by atoms with Gasteiger partial charge in [0.25, 0.3) is 0 Å². The number of carbonyl (C=O) groups excluding carboxylic acids is 1. The quantitative estimate of drug-likeness (QED) is 0.264. The van der Waals surface area contributed by atoms with Crippen LogP contribution in [0, 0.1) is 0 Å². The van der Waals surface area contributed by atoms with Crippen LogP contribution in [0.3, 0.4) is 0 Å². The van der Waals surface area contributed by atoms with Crippen LogP contribution in [0.15, 0.2) is 12.2 Å². The number of carbonyl (C=O) groups is 1. The van der Waals surface area contributed by atoms with Gasteiger partial charge in [-0.1, -0.05) is 6.58 Å². The van der Waals surface area contributed by atoms with Gasteiger partial charge in [0.2, 0.25) is 0 Å². The summed E-state index contributed by atoms with van der Waals surface area (Å²) in [7, 11) is 0. The lowest BCUT2D eigenvalue weighted by Crippen LogP contribution is -2.61. The molecule has 0 saturated carbocycles. The Bertz CT molecular complexity index is 457. The summed E-state index contributed by atoms with van der Waals surface area (Å²) in [5, 5.41) is 0. The zero-order chi connectivity index (χ0) is 19.4. The monoisotopic (exact) mass is 376 g/mol. The molecule has 0 rings (SSSR count). The smallest absolute Gasteiger partial charge is 0.460 e. The zero-order valence-electron chi connectivity index (χ0n) is 12.2. The van der Waals surface area contributed by atoms with E-state index in [1.54, 1.807) is 0 Å². The van der Waals surface area contributed by atoms with Crippen molar-refractivity contribution in [2.75, 3.05) is 19.8 Å². The van der Waals surface area contributed by atoms with E-state index >= 15 is 0 Å². The predicted octanol–water partition coefficient (Wildman–Crippen LogP) is 3.98. The number of hydrogen-bond donors (Lipinski definition) is 0. The SMILES string of the molecule is C=C(COCCC(F)(F)C(F)(F)C(F)(F)C(F)(F)F)C(=O)OCC. The van der Waals surface area contributed by atoms with Crippen LogP contribution in [0.25, 0.3) is 0 Å². The number of alkyl halides is 9. The minimum atomic E-state index is -6.93. The Balaban J connectivity index is 4.75. The molecule has 0 aliphatic rings. The van der Waals surface area contributed by atoms with Gasteiger partial charge in [-0.2, -0.15) is 39.5 Å². The maximum Gasteiger partial charge on any atom is 0.460 e. The molecule has 0 heterocycles. The van der Waals surface area contributed by atoms with Crippen LogP contribution in [0.2, 0.25) is 0 Å². The summed E-state index contributed by atoms with van der Waals surface area (Å²) in [5.41, 5.74) is -0.382. The van der Waals surface area contributed by atoms with E-state index < -0.39 is 49.5 Å². The van der Waals surface area contributed by atoms with E-state index in [0.29, 0.717) is 0 Å². The summed E-state index contributed by atoms with van der Waals surface area (Å²) in [6.45, 7) is 2.44. The molecule has 0 amide bonds. The van der Waals surface area contributed by atoms with Gasteiger partial charge in [0.1, 0.15) is 0 Å². The van der Waals surface area contributed by atoms with Crippen molar-refractivity contribution in [2.45, 2.75) is 37.3 Å². The summed E-state index contributed by atoms with van der Waals surface area (Å²) in [6.07, 6.45) is -9.00. The molecule has 0 aromatic rings. The molecular weight excluding hydrogens is 363 g/mol. The lowest BCUT2D eigenvalue weighted by molar-refractivity contribution is -0.397. The Morgan fingerprint density at radius 1 is 0.958 bits per heavy atom. The van der Waals surface area contributed by atoms with Crippen LogP contribution in [-0.2, 0) is 14.3 Å². The van der Waals surface area contributed by atoms with E-state index in [0.717, 1.165) is 0 Å². The van der Waals surface area contributed by atoms with Crippen molar-refractivity contribution >= 4 is 5.97 Å². The molecule has 142 valence electrons. The van der Waals surface area contributed by atoms with Crippen LogP contribution < -0.4 is 0 Å². The summed E-state index contributed by atoms with van der Waals surface area (Å²) in [4.78, 5) is 11.0. The van der Waals surface area contributed by atoms with Crippen molar-refractivity contribution in [1.29, 1.82) is 0 Å². The Morgan fingerprint density at radius 3 is 1.88 bits per heavy atom. The Kier molecular flexibility index (Phi) is 7.15. The molecule has 0 bridgehead atoms. The van der Waals surface area contributed by atoms with Crippen LogP contribution in [-0.4, -0.2) is 49.7 Å². The maximum atomic E-state index is 13.1. The van der Waals surface area contributed by atoms with Crippen molar-refractivity contribution in [3.05, 3.63) is 12.2 Å². The van der Waals surface area contributed by atoms with E-state index in [2.05, 4.69) is 16.1 Å². The van der Waals surface area contributed by atoms with Gasteiger partial charge in [0.15, 0.2) is 0 Å². The fourth-order valence-electron chi connectivity index (χ4n) is 1.25. The molecule has 0 unspecified atom stereocenters. The van der Waals surface area contributed by atoms with Crippen molar-refractivity contribution in [1.82, 2.24) is 0 Å². The van der Waals surface area contributed by atoms with Gasteiger partial charge in [-0.25, -0.2) is 4.79 Å². The van der Waals surface area contributed by atoms with Gasteiger partial charge in [-0.05, 0) is 6.92 Å². The molecular formula is C12H13F9O3. The molecule has 0 aliphatic carbocycles. The molecule has 0 radical (unpaired) electrons. The van der Waals surface area contributed by atoms with Gasteiger partial charge >= 0.3 is 29.9 Å². The lowest BCUT2D eigenvalue weighted by Gasteiger charge is -2.33. The first-order chi connectivity index (χ1) is 10.6. The fraction of sp³-hybridized carbons (Fsp3) is 0.750. The van der Waals surface area contributed by atoms with E-state index in [4.69, 9.17) is 0 Å². The summed E-state index contributed by atoms with van der Waals surface area (Å²) >= 11 is 0. The lowest BCUT2D eigenvalue weighted by atomic mass is 10.0. The molecule has 0 spiro atoms. The average molecular weight is 376 g/mol. The third-order valence-electron chi connectivity index (χ3n) is 2.61. The van der Waals surface area contributed by atoms with Gasteiger partial charge < -0.3 is 9.47 Å². The molecule has 0 N–H and O–H groups in total. The molecule has 24 heavy (non-hydrogen) atoms. The molecule has 0 aromatic heterocycles. The largest absolute Gasteiger partial charge is 0.463 e. The van der Waals surface area contributed by atoms with Crippen LogP contribution in [0.1, 0.15) is 13.3 Å². The van der Waals surface area contributed by atoms with E-state index in [-0.39, 0.29) is 12.2 Å². The summed E-state index contributed by atoms with van der Waals surface area (Å²) in [5.74, 6) is -20.3. The first-order valence-electron chi connectivity index (χ1n) is 6.24. The Hall–Kier alpha value is -1.46. The summed E-state index contributed by atoms with van der Waals surface area (Å²) < 4.78 is 122. The van der Waals surface area contributed by atoms with Crippen molar-refractivity contribution in [3.63, 3.8) is 0 Å². The number of ether oxygens (including phenoxy) is 2. The second kappa shape index (κ2) is 7.62. The number of rotatable bonds is 9. The highest BCUT2D eigenvalue weighted by Gasteiger charge is 2.81. The molecule has 0 aliphatic heterocycles. The topological polar surface area (TPSA) is 35.5 Å². The molecule has 12 heteroatoms. The number of halogens is 9. The predicted molar refractivity (Wildman–Crippen MR) is 62.1 cm³/mol. The first kappa shape index (κ1) is 22.5. The van der Waals surface area contributed by atoms with E-state index in [1.807, 2.05) is 0 Å². The molecule has 0 saturated heterocycles. The molecule has 0 aromatic carbocycles. The van der Waals surface area contributed by atoms with Gasteiger partial charge in [-0.3, -0.25) is 0 Å². The van der Waals surface area contributed by atoms with Gasteiger partial charge in [0.05, 0.1) is 25.4 Å². The second-order valence-electron chi connectivity index (χ2n) is 4.48. The minimum Gasteiger partial charge on any atom is -0.463 e. The van der Waals surface area contributed by atoms with Crippen LogP contribution in [0.4, 0.5) is 39.5 Å². The highest BCUT2D eigenvalue weighted by molar-refractivity contribution is 5.87. The van der Waals surface area contributed by atoms with Crippen LogP contribution >= 0.6 is 0 Å². The molecule has 0 atom stereocenters. The maximum absolute atomic E-state index is 13.1. The standard InChI is InChI=1S/C12H13F9O3/c1-3-24-8(22)7(2)6-23-5-4-9(13,14)10(15,16)11(17,18)12(19,20)21/h2-6H2,1H3. The van der Waals surface area contributed by atoms with Crippen LogP contribution in [0.5, 0.6) is 0 Å². The normalized spacial score (nSPS) is 13.8. The number of hydrogen-bond acceptors (Lipinski definition) is 3. The zero-order valence-corrected chi connectivity index (χ0v) is 12.2. The van der Waals surface area contributed by atoms with Crippen molar-refractivity contribution in [2.24, 2.45) is 0 Å². The van der Waals surface area contributed by atoms with E-state index in [9.17, 15) is 44.3 Å². The Morgan fingerprint density at radius 2 is 1.46 bits per heavy atom. The van der Waals surface area contributed by atoms with Gasteiger partial charge in [0, 0.05) is 6.42 Å². The second-order valence-corrected chi connectivity index (χ2v) is 4.48. The fourth-order valence-corrected chi connectivity index (χ4v) is 1.25. The third-order valence-corrected chi connectivity index (χ3v) is 2.61. The van der Waals surface area contributed by atoms with Crippen molar-refractivity contribution < 1.29 is 53.8 Å².